The standard InChI is InChI=1S/C15H15BrN2O3/c1-20-11-7-8-13(12(16)9-11)21-14(15(19)18-17)10-5-3-2-4-6-10/h2-9,14H,17H2,1H3,(H,18,19). The highest BCUT2D eigenvalue weighted by atomic mass is 79.9. The van der Waals surface area contributed by atoms with Gasteiger partial charge in [-0.15, -0.1) is 0 Å². The molecule has 0 heterocycles. The summed E-state index contributed by atoms with van der Waals surface area (Å²) in [5.74, 6) is 6.02. The van der Waals surface area contributed by atoms with Crippen LogP contribution in [0.2, 0.25) is 0 Å². The fourth-order valence-corrected chi connectivity index (χ4v) is 2.26. The van der Waals surface area contributed by atoms with Gasteiger partial charge in [0.1, 0.15) is 11.5 Å². The van der Waals surface area contributed by atoms with Crippen molar-refractivity contribution < 1.29 is 14.3 Å². The number of rotatable bonds is 5. The highest BCUT2D eigenvalue weighted by Gasteiger charge is 2.22. The first kappa shape index (κ1) is 15.3. The van der Waals surface area contributed by atoms with Gasteiger partial charge in [-0.1, -0.05) is 30.3 Å². The summed E-state index contributed by atoms with van der Waals surface area (Å²) in [6, 6.07) is 14.4. The van der Waals surface area contributed by atoms with Crippen LogP contribution >= 0.6 is 15.9 Å². The van der Waals surface area contributed by atoms with Crippen LogP contribution in [0, 0.1) is 0 Å². The van der Waals surface area contributed by atoms with Gasteiger partial charge in [0.2, 0.25) is 6.10 Å². The summed E-state index contributed by atoms with van der Waals surface area (Å²) in [5.41, 5.74) is 2.83. The zero-order valence-electron chi connectivity index (χ0n) is 11.4. The second kappa shape index (κ2) is 7.10. The van der Waals surface area contributed by atoms with E-state index in [4.69, 9.17) is 15.3 Å². The summed E-state index contributed by atoms with van der Waals surface area (Å²) in [7, 11) is 1.58. The fraction of sp³-hybridized carbons (Fsp3) is 0.133. The number of halogens is 1. The first-order chi connectivity index (χ1) is 10.2. The number of nitrogens with two attached hydrogens (primary N) is 1. The van der Waals surface area contributed by atoms with Gasteiger partial charge in [0.25, 0.3) is 5.91 Å². The Balaban J connectivity index is 2.29. The lowest BCUT2D eigenvalue weighted by Crippen LogP contribution is -2.37. The van der Waals surface area contributed by atoms with E-state index in [1.54, 1.807) is 37.4 Å². The lowest BCUT2D eigenvalue weighted by atomic mass is 10.1. The maximum atomic E-state index is 12.0. The van der Waals surface area contributed by atoms with Crippen molar-refractivity contribution in [2.24, 2.45) is 5.84 Å². The molecule has 0 spiro atoms. The highest BCUT2D eigenvalue weighted by molar-refractivity contribution is 9.10. The molecule has 1 amide bonds. The average molecular weight is 351 g/mol. The fourth-order valence-electron chi connectivity index (χ4n) is 1.81. The predicted octanol–water partition coefficient (Wildman–Crippen LogP) is 2.57. The van der Waals surface area contributed by atoms with Crippen molar-refractivity contribution in [3.8, 4) is 11.5 Å². The van der Waals surface area contributed by atoms with E-state index in [-0.39, 0.29) is 0 Å². The summed E-state index contributed by atoms with van der Waals surface area (Å²) in [6.07, 6.45) is -0.833. The van der Waals surface area contributed by atoms with Crippen molar-refractivity contribution in [1.82, 2.24) is 5.43 Å². The molecule has 6 heteroatoms. The Morgan fingerprint density at radius 3 is 2.52 bits per heavy atom. The second-order valence-corrected chi connectivity index (χ2v) is 5.07. The van der Waals surface area contributed by atoms with Crippen molar-refractivity contribution in [3.05, 3.63) is 58.6 Å². The molecule has 0 bridgehead atoms. The molecule has 0 aliphatic carbocycles. The Labute approximate surface area is 131 Å². The summed E-state index contributed by atoms with van der Waals surface area (Å²) < 4.78 is 11.6. The number of nitrogens with one attached hydrogen (secondary N) is 1. The maximum absolute atomic E-state index is 12.0. The van der Waals surface area contributed by atoms with Crippen molar-refractivity contribution in [2.75, 3.05) is 7.11 Å². The lowest BCUT2D eigenvalue weighted by molar-refractivity contribution is -0.128. The number of hydrogen-bond acceptors (Lipinski definition) is 4. The molecule has 1 atom stereocenters. The molecule has 2 aromatic rings. The van der Waals surface area contributed by atoms with E-state index in [9.17, 15) is 4.79 Å². The third-order valence-electron chi connectivity index (χ3n) is 2.87. The average Bonchev–Trinajstić information content (AvgIpc) is 2.53. The number of methoxy groups -OCH3 is 1. The van der Waals surface area contributed by atoms with Crippen LogP contribution in [0.4, 0.5) is 0 Å². The van der Waals surface area contributed by atoms with Crippen LogP contribution in [0.15, 0.2) is 53.0 Å². The number of hydrogen-bond donors (Lipinski definition) is 2. The van der Waals surface area contributed by atoms with Crippen LogP contribution in [0.1, 0.15) is 11.7 Å². The van der Waals surface area contributed by atoms with E-state index in [2.05, 4.69) is 21.4 Å². The molecule has 1 unspecified atom stereocenters. The molecule has 21 heavy (non-hydrogen) atoms. The molecular weight excluding hydrogens is 336 g/mol. The first-order valence-electron chi connectivity index (χ1n) is 6.21. The molecule has 2 rings (SSSR count). The van der Waals surface area contributed by atoms with E-state index >= 15 is 0 Å². The van der Waals surface area contributed by atoms with Gasteiger partial charge in [-0.2, -0.15) is 0 Å². The van der Waals surface area contributed by atoms with Crippen LogP contribution in [0.25, 0.3) is 0 Å². The number of amides is 1. The Hall–Kier alpha value is -2.05. The Morgan fingerprint density at radius 1 is 1.24 bits per heavy atom. The van der Waals surface area contributed by atoms with Crippen LogP contribution in [-0.4, -0.2) is 13.0 Å². The maximum Gasteiger partial charge on any atom is 0.279 e. The molecule has 0 saturated carbocycles. The van der Waals surface area contributed by atoms with Crippen molar-refractivity contribution in [3.63, 3.8) is 0 Å². The predicted molar refractivity (Wildman–Crippen MR) is 82.8 cm³/mol. The first-order valence-corrected chi connectivity index (χ1v) is 7.00. The molecule has 110 valence electrons. The number of hydrazine groups is 1. The van der Waals surface area contributed by atoms with Crippen LogP contribution in [-0.2, 0) is 4.79 Å². The molecule has 0 saturated heterocycles. The number of benzene rings is 2. The quantitative estimate of drug-likeness (QED) is 0.493. The van der Waals surface area contributed by atoms with E-state index in [0.29, 0.717) is 21.5 Å². The van der Waals surface area contributed by atoms with Gasteiger partial charge in [0.15, 0.2) is 0 Å². The van der Waals surface area contributed by atoms with Gasteiger partial charge < -0.3 is 9.47 Å². The van der Waals surface area contributed by atoms with Gasteiger partial charge >= 0.3 is 0 Å². The molecule has 0 fully saturated rings. The van der Waals surface area contributed by atoms with E-state index in [0.717, 1.165) is 0 Å². The monoisotopic (exact) mass is 350 g/mol. The molecule has 0 aromatic heterocycles. The van der Waals surface area contributed by atoms with Crippen LogP contribution in [0.5, 0.6) is 11.5 Å². The van der Waals surface area contributed by atoms with Crippen LogP contribution in [0.3, 0.4) is 0 Å². The van der Waals surface area contributed by atoms with Gasteiger partial charge in [-0.05, 0) is 34.1 Å². The minimum atomic E-state index is -0.833. The van der Waals surface area contributed by atoms with Gasteiger partial charge in [0.05, 0.1) is 11.6 Å². The molecule has 5 nitrogen and oxygen atoms in total. The molecule has 2 aromatic carbocycles. The highest BCUT2D eigenvalue weighted by Crippen LogP contribution is 2.32. The van der Waals surface area contributed by atoms with Crippen LogP contribution < -0.4 is 20.7 Å². The number of ether oxygens (including phenoxy) is 2. The van der Waals surface area contributed by atoms with E-state index < -0.39 is 12.0 Å². The van der Waals surface area contributed by atoms with Gasteiger partial charge in [0, 0.05) is 5.56 Å². The minimum absolute atomic E-state index is 0.427. The van der Waals surface area contributed by atoms with Gasteiger partial charge in [-0.25, -0.2) is 5.84 Å². The Kier molecular flexibility index (Phi) is 5.19. The SMILES string of the molecule is COc1ccc(OC(C(=O)NN)c2ccccc2)c(Br)c1. The summed E-state index contributed by atoms with van der Waals surface area (Å²) in [5, 5.41) is 0. The summed E-state index contributed by atoms with van der Waals surface area (Å²) in [6.45, 7) is 0. The molecular formula is C15H15BrN2O3. The lowest BCUT2D eigenvalue weighted by Gasteiger charge is -2.19. The zero-order chi connectivity index (χ0) is 15.2. The minimum Gasteiger partial charge on any atom is -0.497 e. The van der Waals surface area contributed by atoms with E-state index in [1.165, 1.54) is 0 Å². The molecule has 0 radical (unpaired) electrons. The van der Waals surface area contributed by atoms with Crippen molar-refractivity contribution in [2.45, 2.75) is 6.10 Å². The third-order valence-corrected chi connectivity index (χ3v) is 3.49. The second-order valence-electron chi connectivity index (χ2n) is 4.21. The van der Waals surface area contributed by atoms with E-state index in [1.807, 2.05) is 18.2 Å². The summed E-state index contributed by atoms with van der Waals surface area (Å²) in [4.78, 5) is 12.0. The summed E-state index contributed by atoms with van der Waals surface area (Å²) >= 11 is 3.39. The number of carbonyl (C=O) groups is 1. The zero-order valence-corrected chi connectivity index (χ0v) is 13.0. The molecule has 3 N–H and O–H groups in total. The third kappa shape index (κ3) is 3.74. The molecule has 0 aliphatic heterocycles. The Bertz CT molecular complexity index is 620. The smallest absolute Gasteiger partial charge is 0.279 e. The largest absolute Gasteiger partial charge is 0.497 e. The van der Waals surface area contributed by atoms with Gasteiger partial charge in [-0.3, -0.25) is 10.2 Å². The molecule has 0 aliphatic rings. The number of carbonyl (C=O) groups excluding carboxylic acids is 1. The normalized spacial score (nSPS) is 11.6. The van der Waals surface area contributed by atoms with Crippen molar-refractivity contribution in [1.29, 1.82) is 0 Å². The topological polar surface area (TPSA) is 73.6 Å². The Morgan fingerprint density at radius 2 is 1.95 bits per heavy atom. The van der Waals surface area contributed by atoms with Crippen molar-refractivity contribution >= 4 is 21.8 Å².